The molecule has 0 spiro atoms. The van der Waals surface area contributed by atoms with E-state index in [0.717, 1.165) is 21.6 Å². The number of ether oxygens (including phenoxy) is 1. The quantitative estimate of drug-likeness (QED) is 0.234. The highest BCUT2D eigenvalue weighted by atomic mass is 32.1. The van der Waals surface area contributed by atoms with Crippen molar-refractivity contribution in [2.75, 3.05) is 12.4 Å². The molecule has 0 saturated heterocycles. The number of benzene rings is 2. The molecule has 0 aliphatic rings. The molecule has 0 radical (unpaired) electrons. The standard InChI is InChI=1S/C29H25N5O2S/c1-4-25-19(2)37-29(26(25)16-31)32-28(35)22(15-30)14-23-18-34(17-20-8-6-5-7-9-20)33-27(23)21-10-12-24(36-3)13-11-21/h5-14,18H,4,17H2,1-3H3,(H,32,35)/b22-14+. The Morgan fingerprint density at radius 2 is 1.89 bits per heavy atom. The van der Waals surface area contributed by atoms with Crippen molar-refractivity contribution in [3.8, 4) is 29.1 Å². The fourth-order valence-corrected chi connectivity index (χ4v) is 5.14. The van der Waals surface area contributed by atoms with E-state index in [9.17, 15) is 15.3 Å². The molecule has 1 amide bonds. The summed E-state index contributed by atoms with van der Waals surface area (Å²) >= 11 is 1.34. The third-order valence-electron chi connectivity index (χ3n) is 5.91. The average Bonchev–Trinajstić information content (AvgIpc) is 3.46. The van der Waals surface area contributed by atoms with Gasteiger partial charge in [-0.15, -0.1) is 11.3 Å². The molecule has 2 aromatic heterocycles. The summed E-state index contributed by atoms with van der Waals surface area (Å²) in [6, 6.07) is 21.6. The van der Waals surface area contributed by atoms with Crippen molar-refractivity contribution < 1.29 is 9.53 Å². The van der Waals surface area contributed by atoms with Crippen LogP contribution in [0.25, 0.3) is 17.3 Å². The van der Waals surface area contributed by atoms with E-state index in [0.29, 0.717) is 40.5 Å². The number of aryl methyl sites for hydroxylation is 1. The van der Waals surface area contributed by atoms with Crippen LogP contribution in [-0.4, -0.2) is 22.8 Å². The van der Waals surface area contributed by atoms with Gasteiger partial charge in [-0.05, 0) is 54.8 Å². The number of aromatic nitrogens is 2. The largest absolute Gasteiger partial charge is 0.497 e. The van der Waals surface area contributed by atoms with Crippen molar-refractivity contribution in [3.05, 3.63) is 93.5 Å². The number of thiophene rings is 1. The zero-order valence-corrected chi connectivity index (χ0v) is 21.6. The van der Waals surface area contributed by atoms with Gasteiger partial charge in [0.15, 0.2) is 0 Å². The molecule has 1 N–H and O–H groups in total. The van der Waals surface area contributed by atoms with Crippen LogP contribution >= 0.6 is 11.3 Å². The molecule has 2 heterocycles. The van der Waals surface area contributed by atoms with Gasteiger partial charge in [0.1, 0.15) is 28.5 Å². The lowest BCUT2D eigenvalue weighted by molar-refractivity contribution is -0.112. The Labute approximate surface area is 219 Å². The Hall–Kier alpha value is -4.66. The van der Waals surface area contributed by atoms with Crippen LogP contribution in [0.1, 0.15) is 34.1 Å². The number of nitrogens with zero attached hydrogens (tertiary/aromatic N) is 4. The molecule has 0 fully saturated rings. The molecule has 4 rings (SSSR count). The second-order valence-electron chi connectivity index (χ2n) is 8.27. The molecule has 0 aliphatic carbocycles. The van der Waals surface area contributed by atoms with Gasteiger partial charge in [-0.2, -0.15) is 15.6 Å². The van der Waals surface area contributed by atoms with Crippen molar-refractivity contribution in [1.82, 2.24) is 9.78 Å². The fourth-order valence-electron chi connectivity index (χ4n) is 4.05. The van der Waals surface area contributed by atoms with Gasteiger partial charge in [-0.1, -0.05) is 37.3 Å². The molecule has 0 saturated carbocycles. The molecule has 0 atom stereocenters. The third kappa shape index (κ3) is 5.61. The second kappa shape index (κ2) is 11.4. The minimum absolute atomic E-state index is 0.0815. The Kier molecular flexibility index (Phi) is 7.83. The molecule has 2 aromatic carbocycles. The predicted octanol–water partition coefficient (Wildman–Crippen LogP) is 5.96. The summed E-state index contributed by atoms with van der Waals surface area (Å²) < 4.78 is 7.06. The maximum absolute atomic E-state index is 13.1. The van der Waals surface area contributed by atoms with Crippen LogP contribution in [0.4, 0.5) is 5.00 Å². The number of anilines is 1. The number of carbonyl (C=O) groups excluding carboxylic acids is 1. The molecule has 4 aromatic rings. The Morgan fingerprint density at radius 3 is 2.51 bits per heavy atom. The Morgan fingerprint density at radius 1 is 1.16 bits per heavy atom. The summed E-state index contributed by atoms with van der Waals surface area (Å²) in [4.78, 5) is 14.1. The minimum Gasteiger partial charge on any atom is -0.497 e. The van der Waals surface area contributed by atoms with Crippen molar-refractivity contribution in [2.45, 2.75) is 26.8 Å². The number of methoxy groups -OCH3 is 1. The third-order valence-corrected chi connectivity index (χ3v) is 6.97. The van der Waals surface area contributed by atoms with E-state index < -0.39 is 5.91 Å². The molecule has 0 bridgehead atoms. The molecular weight excluding hydrogens is 482 g/mol. The lowest BCUT2D eigenvalue weighted by Crippen LogP contribution is -2.13. The van der Waals surface area contributed by atoms with Crippen molar-refractivity contribution in [2.24, 2.45) is 0 Å². The van der Waals surface area contributed by atoms with E-state index in [1.165, 1.54) is 17.4 Å². The Bertz CT molecular complexity index is 1530. The highest BCUT2D eigenvalue weighted by Gasteiger charge is 2.19. The van der Waals surface area contributed by atoms with E-state index in [-0.39, 0.29) is 5.57 Å². The number of hydrogen-bond donors (Lipinski definition) is 1. The van der Waals surface area contributed by atoms with E-state index in [1.807, 2.05) is 80.7 Å². The first-order chi connectivity index (χ1) is 18.0. The molecule has 37 heavy (non-hydrogen) atoms. The van der Waals surface area contributed by atoms with Crippen molar-refractivity contribution in [3.63, 3.8) is 0 Å². The van der Waals surface area contributed by atoms with Crippen LogP contribution in [0.2, 0.25) is 0 Å². The van der Waals surface area contributed by atoms with Crippen molar-refractivity contribution in [1.29, 1.82) is 10.5 Å². The maximum Gasteiger partial charge on any atom is 0.266 e. The normalized spacial score (nSPS) is 11.0. The second-order valence-corrected chi connectivity index (χ2v) is 9.50. The van der Waals surface area contributed by atoms with Crippen LogP contribution in [0.15, 0.2) is 66.4 Å². The first-order valence-electron chi connectivity index (χ1n) is 11.7. The van der Waals surface area contributed by atoms with Gasteiger partial charge in [-0.25, -0.2) is 0 Å². The van der Waals surface area contributed by atoms with Crippen molar-refractivity contribution >= 4 is 28.3 Å². The summed E-state index contributed by atoms with van der Waals surface area (Å²) in [5.41, 5.74) is 4.44. The smallest absolute Gasteiger partial charge is 0.266 e. The van der Waals surface area contributed by atoms with E-state index in [1.54, 1.807) is 11.8 Å². The highest BCUT2D eigenvalue weighted by Crippen LogP contribution is 2.33. The van der Waals surface area contributed by atoms with E-state index in [4.69, 9.17) is 9.84 Å². The van der Waals surface area contributed by atoms with Crippen LogP contribution in [0.5, 0.6) is 5.75 Å². The first-order valence-corrected chi connectivity index (χ1v) is 12.5. The van der Waals surface area contributed by atoms with Crippen LogP contribution in [0, 0.1) is 29.6 Å². The summed E-state index contributed by atoms with van der Waals surface area (Å²) in [6.07, 6.45) is 4.05. The zero-order valence-electron chi connectivity index (χ0n) is 20.8. The Balaban J connectivity index is 1.71. The predicted molar refractivity (Wildman–Crippen MR) is 145 cm³/mol. The fraction of sp³-hybridized carbons (Fsp3) is 0.172. The molecule has 8 heteroatoms. The van der Waals surface area contributed by atoms with E-state index in [2.05, 4.69) is 11.4 Å². The molecule has 0 unspecified atom stereocenters. The zero-order chi connectivity index (χ0) is 26.4. The average molecular weight is 508 g/mol. The van der Waals surface area contributed by atoms with Gasteiger partial charge in [0, 0.05) is 22.2 Å². The number of nitrogens with one attached hydrogen (secondary N) is 1. The molecule has 184 valence electrons. The van der Waals surface area contributed by atoms with Gasteiger partial charge in [0.2, 0.25) is 0 Å². The summed E-state index contributed by atoms with van der Waals surface area (Å²) in [7, 11) is 1.60. The number of hydrogen-bond acceptors (Lipinski definition) is 6. The van der Waals surface area contributed by atoms with Crippen LogP contribution < -0.4 is 10.1 Å². The SMILES string of the molecule is CCc1c(C)sc(NC(=O)/C(C#N)=C/c2cn(Cc3ccccc3)nc2-c2ccc(OC)cc2)c1C#N. The lowest BCUT2D eigenvalue weighted by Gasteiger charge is -2.04. The summed E-state index contributed by atoms with van der Waals surface area (Å²) in [6.45, 7) is 4.42. The first kappa shape index (κ1) is 25.4. The minimum atomic E-state index is -0.570. The van der Waals surface area contributed by atoms with Gasteiger partial charge >= 0.3 is 0 Å². The van der Waals surface area contributed by atoms with Gasteiger partial charge < -0.3 is 10.1 Å². The highest BCUT2D eigenvalue weighted by molar-refractivity contribution is 7.16. The lowest BCUT2D eigenvalue weighted by atomic mass is 10.1. The van der Waals surface area contributed by atoms with Crippen LogP contribution in [0.3, 0.4) is 0 Å². The number of amides is 1. The summed E-state index contributed by atoms with van der Waals surface area (Å²) in [5, 5.41) is 27.5. The monoisotopic (exact) mass is 507 g/mol. The molecule has 7 nitrogen and oxygen atoms in total. The van der Waals surface area contributed by atoms with Gasteiger partial charge in [-0.3, -0.25) is 9.48 Å². The van der Waals surface area contributed by atoms with Gasteiger partial charge in [0.05, 0.1) is 24.9 Å². The number of nitriles is 2. The summed E-state index contributed by atoms with van der Waals surface area (Å²) in [5.74, 6) is 0.145. The topological polar surface area (TPSA) is 104 Å². The van der Waals surface area contributed by atoms with Gasteiger partial charge in [0.25, 0.3) is 5.91 Å². The molecule has 0 aliphatic heterocycles. The number of rotatable bonds is 8. The van der Waals surface area contributed by atoms with Crippen LogP contribution in [-0.2, 0) is 17.8 Å². The number of carbonyl (C=O) groups is 1. The van der Waals surface area contributed by atoms with E-state index >= 15 is 0 Å². The molecular formula is C29H25N5O2S. The maximum atomic E-state index is 13.1.